The van der Waals surface area contributed by atoms with Crippen molar-refractivity contribution in [2.45, 2.75) is 29.4 Å². The lowest BCUT2D eigenvalue weighted by molar-refractivity contribution is -0.243. The van der Waals surface area contributed by atoms with Crippen molar-refractivity contribution in [3.63, 3.8) is 0 Å². The molecule has 0 bridgehead atoms. The molecule has 78 valence electrons. The summed E-state index contributed by atoms with van der Waals surface area (Å²) in [4.78, 5) is -0.490. The number of ether oxygens (including phenoxy) is 2. The van der Waals surface area contributed by atoms with E-state index >= 15 is 0 Å². The van der Waals surface area contributed by atoms with Crippen molar-refractivity contribution in [1.82, 2.24) is 0 Å². The van der Waals surface area contributed by atoms with Gasteiger partial charge in [-0.1, -0.05) is 15.9 Å². The van der Waals surface area contributed by atoms with Crippen LogP contribution < -0.4 is 0 Å². The van der Waals surface area contributed by atoms with Gasteiger partial charge in [0.2, 0.25) is 0 Å². The molecule has 0 aromatic rings. The molecule has 0 spiro atoms. The van der Waals surface area contributed by atoms with E-state index in [0.717, 1.165) is 0 Å². The zero-order valence-corrected chi connectivity index (χ0v) is 8.72. The smallest absolute Gasteiger partial charge is 0.172 e. The minimum atomic E-state index is -1.10. The van der Waals surface area contributed by atoms with Gasteiger partial charge in [0, 0.05) is 7.11 Å². The van der Waals surface area contributed by atoms with E-state index in [1.165, 1.54) is 7.11 Å². The van der Waals surface area contributed by atoms with Crippen LogP contribution in [0, 0.1) is 0 Å². The van der Waals surface area contributed by atoms with Crippen LogP contribution in [0.3, 0.4) is 0 Å². The van der Waals surface area contributed by atoms with E-state index in [4.69, 9.17) is 14.6 Å². The Kier molecular flexibility index (Phi) is 4.08. The van der Waals surface area contributed by atoms with E-state index in [-0.39, 0.29) is 6.61 Å². The summed E-state index contributed by atoms with van der Waals surface area (Å²) >= 11 is 3.14. The van der Waals surface area contributed by atoms with Crippen LogP contribution in [-0.4, -0.2) is 58.5 Å². The highest BCUT2D eigenvalue weighted by Gasteiger charge is 2.43. The number of aliphatic hydroxyl groups is 3. The number of rotatable bonds is 2. The summed E-state index contributed by atoms with van der Waals surface area (Å²) in [7, 11) is 1.43. The quantitative estimate of drug-likeness (QED) is 0.543. The zero-order valence-electron chi connectivity index (χ0n) is 7.13. The lowest BCUT2D eigenvalue weighted by atomic mass is 10.0. The molecule has 0 radical (unpaired) electrons. The lowest BCUT2D eigenvalue weighted by Gasteiger charge is -2.39. The molecule has 1 aliphatic heterocycles. The second-order valence-electron chi connectivity index (χ2n) is 2.89. The maximum atomic E-state index is 9.48. The van der Waals surface area contributed by atoms with E-state index in [1.807, 2.05) is 0 Å². The Balaban J connectivity index is 2.66. The van der Waals surface area contributed by atoms with Crippen molar-refractivity contribution >= 4 is 15.9 Å². The molecule has 1 heterocycles. The molecule has 1 saturated heterocycles. The van der Waals surface area contributed by atoms with Gasteiger partial charge in [-0.15, -0.1) is 0 Å². The van der Waals surface area contributed by atoms with Crippen LogP contribution in [-0.2, 0) is 9.47 Å². The van der Waals surface area contributed by atoms with Gasteiger partial charge in [-0.05, 0) is 0 Å². The van der Waals surface area contributed by atoms with Gasteiger partial charge in [0.25, 0.3) is 0 Å². The molecule has 6 heteroatoms. The number of hydrogen-bond donors (Lipinski definition) is 3. The predicted molar refractivity (Wildman–Crippen MR) is 47.5 cm³/mol. The van der Waals surface area contributed by atoms with Gasteiger partial charge in [0.1, 0.15) is 12.2 Å². The fraction of sp³-hybridized carbons (Fsp3) is 1.00. The van der Waals surface area contributed by atoms with Crippen LogP contribution >= 0.6 is 15.9 Å². The van der Waals surface area contributed by atoms with Crippen molar-refractivity contribution in [1.29, 1.82) is 0 Å². The molecular formula is C7H13BrO5. The van der Waals surface area contributed by atoms with Crippen molar-refractivity contribution in [2.24, 2.45) is 0 Å². The van der Waals surface area contributed by atoms with E-state index in [0.29, 0.717) is 0 Å². The Hall–Kier alpha value is 0.280. The largest absolute Gasteiger partial charge is 0.394 e. The summed E-state index contributed by atoms with van der Waals surface area (Å²) in [5.41, 5.74) is 0. The Bertz CT molecular complexity index is 147. The Labute approximate surface area is 84.4 Å². The van der Waals surface area contributed by atoms with Gasteiger partial charge >= 0.3 is 0 Å². The van der Waals surface area contributed by atoms with Crippen molar-refractivity contribution in [2.75, 3.05) is 13.7 Å². The highest BCUT2D eigenvalue weighted by atomic mass is 79.9. The molecule has 0 aromatic carbocycles. The number of aliphatic hydroxyl groups excluding tert-OH is 3. The molecule has 0 saturated carbocycles. The topological polar surface area (TPSA) is 79.2 Å². The van der Waals surface area contributed by atoms with Gasteiger partial charge in [-0.2, -0.15) is 0 Å². The van der Waals surface area contributed by atoms with Gasteiger partial charge in [0.15, 0.2) is 6.29 Å². The number of alkyl halides is 1. The zero-order chi connectivity index (χ0) is 10.0. The molecule has 1 aliphatic rings. The molecule has 1 fully saturated rings. The average molecular weight is 257 g/mol. The summed E-state index contributed by atoms with van der Waals surface area (Å²) in [6.07, 6.45) is -3.55. The Morgan fingerprint density at radius 3 is 2.46 bits per heavy atom. The third kappa shape index (κ3) is 2.20. The molecule has 13 heavy (non-hydrogen) atoms. The molecule has 5 atom stereocenters. The van der Waals surface area contributed by atoms with Crippen molar-refractivity contribution < 1.29 is 24.8 Å². The van der Waals surface area contributed by atoms with Gasteiger partial charge in [0.05, 0.1) is 17.5 Å². The second kappa shape index (κ2) is 4.68. The molecule has 3 N–H and O–H groups in total. The molecule has 0 amide bonds. The number of hydrogen-bond acceptors (Lipinski definition) is 5. The third-order valence-electron chi connectivity index (χ3n) is 2.04. The first-order valence-electron chi connectivity index (χ1n) is 3.91. The minimum Gasteiger partial charge on any atom is -0.394 e. The summed E-state index contributed by atoms with van der Waals surface area (Å²) in [5.74, 6) is 0. The average Bonchev–Trinajstić information content (AvgIpc) is 2.15. The second-order valence-corrected chi connectivity index (χ2v) is 3.94. The van der Waals surface area contributed by atoms with Crippen LogP contribution in [0.1, 0.15) is 0 Å². The molecule has 1 rings (SSSR count). The minimum absolute atomic E-state index is 0.349. The SMILES string of the molecule is CO[C@H]1O[C@@H](CO)[C@@H](O)[C@@H](O)[C@H]1Br. The Morgan fingerprint density at radius 1 is 1.38 bits per heavy atom. The normalized spacial score (nSPS) is 46.4. The van der Waals surface area contributed by atoms with Gasteiger partial charge in [-0.3, -0.25) is 0 Å². The van der Waals surface area contributed by atoms with E-state index in [1.54, 1.807) is 0 Å². The van der Waals surface area contributed by atoms with Crippen molar-refractivity contribution in [3.05, 3.63) is 0 Å². The van der Waals surface area contributed by atoms with Gasteiger partial charge in [-0.25, -0.2) is 0 Å². The van der Waals surface area contributed by atoms with Crippen LogP contribution in [0.15, 0.2) is 0 Å². The molecule has 0 aliphatic carbocycles. The molecule has 0 unspecified atom stereocenters. The summed E-state index contributed by atoms with van der Waals surface area (Å²) in [6.45, 7) is -0.349. The number of halogens is 1. The summed E-state index contributed by atoms with van der Waals surface area (Å²) in [6, 6.07) is 0. The highest BCUT2D eigenvalue weighted by Crippen LogP contribution is 2.26. The highest BCUT2D eigenvalue weighted by molar-refractivity contribution is 9.09. The van der Waals surface area contributed by atoms with E-state index in [2.05, 4.69) is 15.9 Å². The Morgan fingerprint density at radius 2 is 2.00 bits per heavy atom. The summed E-state index contributed by atoms with van der Waals surface area (Å²) in [5, 5.41) is 27.7. The maximum Gasteiger partial charge on any atom is 0.172 e. The maximum absolute atomic E-state index is 9.48. The van der Waals surface area contributed by atoms with E-state index < -0.39 is 29.4 Å². The predicted octanol–water partition coefficient (Wildman–Crippen LogP) is -1.16. The van der Waals surface area contributed by atoms with Crippen LogP contribution in [0.5, 0.6) is 0 Å². The van der Waals surface area contributed by atoms with E-state index in [9.17, 15) is 10.2 Å². The lowest BCUT2D eigenvalue weighted by Crippen LogP contribution is -2.56. The first-order chi connectivity index (χ1) is 6.11. The van der Waals surface area contributed by atoms with Crippen LogP contribution in [0.25, 0.3) is 0 Å². The number of methoxy groups -OCH3 is 1. The van der Waals surface area contributed by atoms with Gasteiger partial charge < -0.3 is 24.8 Å². The first kappa shape index (κ1) is 11.4. The molecule has 5 nitrogen and oxygen atoms in total. The monoisotopic (exact) mass is 256 g/mol. The third-order valence-corrected chi connectivity index (χ3v) is 3.01. The fourth-order valence-corrected chi connectivity index (χ4v) is 1.89. The standard InChI is InChI=1S/C7H13BrO5/c1-12-7-4(8)6(11)5(10)3(2-9)13-7/h3-7,9-11H,2H2,1H3/t3-,4+,5+,6-,7-/m0/s1. The van der Waals surface area contributed by atoms with Crippen LogP contribution in [0.4, 0.5) is 0 Å². The van der Waals surface area contributed by atoms with Crippen LogP contribution in [0.2, 0.25) is 0 Å². The molecular weight excluding hydrogens is 244 g/mol. The first-order valence-corrected chi connectivity index (χ1v) is 4.82. The molecule has 0 aromatic heterocycles. The summed E-state index contributed by atoms with van der Waals surface area (Å²) < 4.78 is 10.1. The van der Waals surface area contributed by atoms with Crippen molar-refractivity contribution in [3.8, 4) is 0 Å². The fourth-order valence-electron chi connectivity index (χ4n) is 1.23.